The predicted octanol–water partition coefficient (Wildman–Crippen LogP) is 1.14. The Balaban J connectivity index is 2.34. The average Bonchev–Trinajstić information content (AvgIpc) is 2.30. The van der Waals surface area contributed by atoms with Crippen molar-refractivity contribution in [2.45, 2.75) is 0 Å². The number of hydrogen-bond acceptors (Lipinski definition) is 5. The van der Waals surface area contributed by atoms with E-state index in [-0.39, 0.29) is 11.4 Å². The Labute approximate surface area is 92.2 Å². The number of benzene rings is 1. The number of phenolic OH excluding ortho intramolecular Hbond substituents is 1. The summed E-state index contributed by atoms with van der Waals surface area (Å²) in [5.74, 6) is -0.0938. The van der Waals surface area contributed by atoms with Crippen LogP contribution in [0.3, 0.4) is 0 Å². The molecule has 1 aromatic carbocycles. The summed E-state index contributed by atoms with van der Waals surface area (Å²) in [5.41, 5.74) is 0.466. The molecular formula is C10H12N2O4. The summed E-state index contributed by atoms with van der Waals surface area (Å²) in [6.45, 7) is 2.40. The van der Waals surface area contributed by atoms with Crippen molar-refractivity contribution in [3.63, 3.8) is 0 Å². The van der Waals surface area contributed by atoms with Crippen LogP contribution >= 0.6 is 0 Å². The molecule has 1 saturated heterocycles. The fourth-order valence-electron chi connectivity index (χ4n) is 1.73. The molecule has 16 heavy (non-hydrogen) atoms. The molecule has 6 nitrogen and oxygen atoms in total. The van der Waals surface area contributed by atoms with E-state index in [1.54, 1.807) is 6.07 Å². The Morgan fingerprint density at radius 2 is 2.06 bits per heavy atom. The molecule has 0 aromatic heterocycles. The van der Waals surface area contributed by atoms with E-state index in [0.717, 1.165) is 0 Å². The van der Waals surface area contributed by atoms with Crippen LogP contribution in [0.15, 0.2) is 18.2 Å². The van der Waals surface area contributed by atoms with Crippen LogP contribution in [0.1, 0.15) is 0 Å². The minimum absolute atomic E-state index is 0.0677. The van der Waals surface area contributed by atoms with E-state index < -0.39 is 4.92 Å². The second kappa shape index (κ2) is 4.36. The highest BCUT2D eigenvalue weighted by molar-refractivity contribution is 5.65. The second-order valence-electron chi connectivity index (χ2n) is 3.53. The molecule has 1 heterocycles. The molecule has 1 aliphatic rings. The Hall–Kier alpha value is -1.82. The van der Waals surface area contributed by atoms with Crippen LogP contribution in [0.4, 0.5) is 11.4 Å². The lowest BCUT2D eigenvalue weighted by molar-refractivity contribution is -0.384. The number of nitro benzene ring substituents is 1. The molecule has 0 spiro atoms. The van der Waals surface area contributed by atoms with Crippen molar-refractivity contribution in [1.29, 1.82) is 0 Å². The molecule has 0 aliphatic carbocycles. The standard InChI is InChI=1S/C10H12N2O4/c13-8-1-2-9(10(7-8)12(14)15)11-3-5-16-6-4-11/h1-2,7,13H,3-6H2. The fraction of sp³-hybridized carbons (Fsp3) is 0.400. The number of nitrogens with zero attached hydrogens (tertiary/aromatic N) is 2. The van der Waals surface area contributed by atoms with Crippen LogP contribution in [0.5, 0.6) is 5.75 Å². The zero-order chi connectivity index (χ0) is 11.5. The molecule has 86 valence electrons. The largest absolute Gasteiger partial charge is 0.508 e. The zero-order valence-electron chi connectivity index (χ0n) is 8.63. The lowest BCUT2D eigenvalue weighted by Gasteiger charge is -2.28. The van der Waals surface area contributed by atoms with Crippen molar-refractivity contribution in [1.82, 2.24) is 0 Å². The van der Waals surface area contributed by atoms with Crippen LogP contribution < -0.4 is 4.90 Å². The van der Waals surface area contributed by atoms with Crippen molar-refractivity contribution < 1.29 is 14.8 Å². The molecule has 2 rings (SSSR count). The van der Waals surface area contributed by atoms with E-state index in [1.807, 2.05) is 4.90 Å². The number of phenols is 1. The number of nitro groups is 1. The predicted molar refractivity (Wildman–Crippen MR) is 57.8 cm³/mol. The second-order valence-corrected chi connectivity index (χ2v) is 3.53. The molecule has 1 aliphatic heterocycles. The molecule has 0 saturated carbocycles. The molecule has 0 unspecified atom stereocenters. The first-order valence-electron chi connectivity index (χ1n) is 4.98. The number of rotatable bonds is 2. The Kier molecular flexibility index (Phi) is 2.91. The van der Waals surface area contributed by atoms with E-state index >= 15 is 0 Å². The monoisotopic (exact) mass is 224 g/mol. The van der Waals surface area contributed by atoms with Crippen LogP contribution in [0.25, 0.3) is 0 Å². The van der Waals surface area contributed by atoms with Gasteiger partial charge in [0.1, 0.15) is 11.4 Å². The molecule has 1 N–H and O–H groups in total. The van der Waals surface area contributed by atoms with Crippen LogP contribution in [0, 0.1) is 10.1 Å². The maximum atomic E-state index is 10.9. The van der Waals surface area contributed by atoms with Gasteiger partial charge in [-0.1, -0.05) is 0 Å². The minimum Gasteiger partial charge on any atom is -0.508 e. The number of aromatic hydroxyl groups is 1. The number of morpholine rings is 1. The SMILES string of the molecule is O=[N+]([O-])c1cc(O)ccc1N1CCOCC1. The van der Waals surface area contributed by atoms with E-state index in [2.05, 4.69) is 0 Å². The summed E-state index contributed by atoms with van der Waals surface area (Å²) < 4.78 is 5.18. The Morgan fingerprint density at radius 3 is 2.69 bits per heavy atom. The van der Waals surface area contributed by atoms with Crippen molar-refractivity contribution >= 4 is 11.4 Å². The van der Waals surface area contributed by atoms with Gasteiger partial charge in [0.2, 0.25) is 0 Å². The highest BCUT2D eigenvalue weighted by Crippen LogP contribution is 2.31. The zero-order valence-corrected chi connectivity index (χ0v) is 8.63. The number of hydrogen-bond donors (Lipinski definition) is 1. The molecule has 0 amide bonds. The summed E-state index contributed by atoms with van der Waals surface area (Å²) in [4.78, 5) is 12.3. The lowest BCUT2D eigenvalue weighted by Crippen LogP contribution is -2.36. The van der Waals surface area contributed by atoms with Crippen LogP contribution in [-0.2, 0) is 4.74 Å². The molecule has 0 radical (unpaired) electrons. The van der Waals surface area contributed by atoms with Crippen molar-refractivity contribution in [3.8, 4) is 5.75 Å². The molecule has 6 heteroatoms. The van der Waals surface area contributed by atoms with Gasteiger partial charge in [-0.2, -0.15) is 0 Å². The first-order chi connectivity index (χ1) is 7.68. The molecular weight excluding hydrogens is 212 g/mol. The summed E-state index contributed by atoms with van der Waals surface area (Å²) in [6.07, 6.45) is 0. The normalized spacial score (nSPS) is 16.1. The highest BCUT2D eigenvalue weighted by atomic mass is 16.6. The van der Waals surface area contributed by atoms with E-state index in [1.165, 1.54) is 12.1 Å². The van der Waals surface area contributed by atoms with Gasteiger partial charge in [0.05, 0.1) is 24.2 Å². The highest BCUT2D eigenvalue weighted by Gasteiger charge is 2.21. The third-order valence-electron chi connectivity index (χ3n) is 2.51. The minimum atomic E-state index is -0.482. The van der Waals surface area contributed by atoms with E-state index in [0.29, 0.717) is 32.0 Å². The van der Waals surface area contributed by atoms with Crippen molar-refractivity contribution in [2.75, 3.05) is 31.2 Å². The van der Waals surface area contributed by atoms with Gasteiger partial charge in [0.15, 0.2) is 0 Å². The van der Waals surface area contributed by atoms with Gasteiger partial charge < -0.3 is 14.7 Å². The van der Waals surface area contributed by atoms with Crippen LogP contribution in [0.2, 0.25) is 0 Å². The van der Waals surface area contributed by atoms with Gasteiger partial charge in [-0.15, -0.1) is 0 Å². The van der Waals surface area contributed by atoms with Gasteiger partial charge in [-0.05, 0) is 12.1 Å². The van der Waals surface area contributed by atoms with E-state index in [9.17, 15) is 15.2 Å². The maximum Gasteiger partial charge on any atom is 0.296 e. The first-order valence-corrected chi connectivity index (χ1v) is 4.98. The Morgan fingerprint density at radius 1 is 1.38 bits per heavy atom. The summed E-state index contributed by atoms with van der Waals surface area (Å²) in [6, 6.07) is 4.20. The quantitative estimate of drug-likeness (QED) is 0.602. The summed E-state index contributed by atoms with van der Waals surface area (Å²) >= 11 is 0. The van der Waals surface area contributed by atoms with Gasteiger partial charge in [-0.25, -0.2) is 0 Å². The maximum absolute atomic E-state index is 10.9. The van der Waals surface area contributed by atoms with Gasteiger partial charge in [0, 0.05) is 13.1 Å². The average molecular weight is 224 g/mol. The lowest BCUT2D eigenvalue weighted by atomic mass is 10.2. The van der Waals surface area contributed by atoms with Gasteiger partial charge >= 0.3 is 0 Å². The number of ether oxygens (including phenoxy) is 1. The smallest absolute Gasteiger partial charge is 0.296 e. The van der Waals surface area contributed by atoms with Gasteiger partial charge in [0.25, 0.3) is 5.69 Å². The molecule has 1 fully saturated rings. The number of anilines is 1. The summed E-state index contributed by atoms with van der Waals surface area (Å²) in [7, 11) is 0. The third kappa shape index (κ3) is 2.06. The first kappa shape index (κ1) is 10.7. The van der Waals surface area contributed by atoms with Crippen molar-refractivity contribution in [3.05, 3.63) is 28.3 Å². The van der Waals surface area contributed by atoms with Crippen LogP contribution in [-0.4, -0.2) is 36.3 Å². The molecule has 1 aromatic rings. The van der Waals surface area contributed by atoms with E-state index in [4.69, 9.17) is 4.74 Å². The molecule has 0 bridgehead atoms. The topological polar surface area (TPSA) is 75.8 Å². The fourth-order valence-corrected chi connectivity index (χ4v) is 1.73. The summed E-state index contributed by atoms with van der Waals surface area (Å²) in [5, 5.41) is 20.1. The molecule has 0 atom stereocenters. The van der Waals surface area contributed by atoms with Crippen molar-refractivity contribution in [2.24, 2.45) is 0 Å². The third-order valence-corrected chi connectivity index (χ3v) is 2.51. The van der Waals surface area contributed by atoms with Gasteiger partial charge in [-0.3, -0.25) is 10.1 Å². The Bertz CT molecular complexity index is 402.